The molecular weight excluding hydrogens is 338 g/mol. The van der Waals surface area contributed by atoms with Gasteiger partial charge in [0.25, 0.3) is 0 Å². The lowest BCUT2D eigenvalue weighted by Gasteiger charge is -2.12. The molecule has 0 spiro atoms. The molecule has 134 valence electrons. The van der Waals surface area contributed by atoms with Crippen LogP contribution in [0.1, 0.15) is 42.1 Å². The largest absolute Gasteiger partial charge is 0.423 e. The van der Waals surface area contributed by atoms with Crippen LogP contribution in [0, 0.1) is 0 Å². The summed E-state index contributed by atoms with van der Waals surface area (Å²) < 4.78 is 30.5. The quantitative estimate of drug-likeness (QED) is 0.582. The fourth-order valence-electron chi connectivity index (χ4n) is 2.24. The molecule has 0 N–H and O–H groups in total. The molecule has 0 radical (unpaired) electrons. The van der Waals surface area contributed by atoms with E-state index in [4.69, 9.17) is 4.74 Å². The molecular formula is C19H23NO4S. The molecule has 2 aromatic rings. The van der Waals surface area contributed by atoms with Gasteiger partial charge in [-0.25, -0.2) is 17.5 Å². The lowest BCUT2D eigenvalue weighted by Crippen LogP contribution is -2.22. The molecule has 25 heavy (non-hydrogen) atoms. The predicted octanol–water partition coefficient (Wildman–Crippen LogP) is 3.67. The van der Waals surface area contributed by atoms with Crippen LogP contribution in [0.25, 0.3) is 0 Å². The van der Waals surface area contributed by atoms with E-state index in [2.05, 4.69) is 13.8 Å². The SMILES string of the molecule is CC[C@H](C)c1ccc(OC(=O)c2ccc(S(=O)(=O)N(C)C)cc2)cc1. The number of sulfonamides is 1. The number of hydrogen-bond acceptors (Lipinski definition) is 4. The summed E-state index contributed by atoms with van der Waals surface area (Å²) in [6.07, 6.45) is 1.04. The van der Waals surface area contributed by atoms with Crippen LogP contribution in [-0.2, 0) is 10.0 Å². The Bertz CT molecular complexity index is 825. The van der Waals surface area contributed by atoms with Crippen LogP contribution in [0.4, 0.5) is 0 Å². The Morgan fingerprint density at radius 2 is 1.60 bits per heavy atom. The fourth-order valence-corrected chi connectivity index (χ4v) is 3.14. The monoisotopic (exact) mass is 361 g/mol. The van der Waals surface area contributed by atoms with Crippen molar-refractivity contribution >= 4 is 16.0 Å². The topological polar surface area (TPSA) is 63.7 Å². The zero-order valence-electron chi connectivity index (χ0n) is 14.9. The van der Waals surface area contributed by atoms with Gasteiger partial charge in [-0.3, -0.25) is 0 Å². The standard InChI is InChI=1S/C19H23NO4S/c1-5-14(2)15-6-10-17(11-7-15)24-19(21)16-8-12-18(13-9-16)25(22,23)20(3)4/h6-14H,5H2,1-4H3/t14-/m0/s1. The lowest BCUT2D eigenvalue weighted by atomic mass is 9.99. The van der Waals surface area contributed by atoms with Crippen molar-refractivity contribution in [2.24, 2.45) is 0 Å². The fraction of sp³-hybridized carbons (Fsp3) is 0.316. The number of benzene rings is 2. The van der Waals surface area contributed by atoms with E-state index in [1.165, 1.54) is 43.9 Å². The molecule has 0 bridgehead atoms. The molecule has 0 aliphatic carbocycles. The molecule has 0 fully saturated rings. The van der Waals surface area contributed by atoms with Gasteiger partial charge in [0.2, 0.25) is 10.0 Å². The van der Waals surface area contributed by atoms with Crippen LogP contribution in [0.15, 0.2) is 53.4 Å². The molecule has 2 rings (SSSR count). The van der Waals surface area contributed by atoms with Crippen molar-refractivity contribution < 1.29 is 17.9 Å². The smallest absolute Gasteiger partial charge is 0.343 e. The van der Waals surface area contributed by atoms with Crippen molar-refractivity contribution in [2.75, 3.05) is 14.1 Å². The highest BCUT2D eigenvalue weighted by Gasteiger charge is 2.18. The molecule has 0 aliphatic rings. The van der Waals surface area contributed by atoms with E-state index in [9.17, 15) is 13.2 Å². The molecule has 0 aromatic heterocycles. The third kappa shape index (κ3) is 4.46. The highest BCUT2D eigenvalue weighted by atomic mass is 32.2. The average Bonchev–Trinajstić information content (AvgIpc) is 2.61. The normalized spacial score (nSPS) is 12.8. The Morgan fingerprint density at radius 3 is 2.08 bits per heavy atom. The molecule has 5 nitrogen and oxygen atoms in total. The van der Waals surface area contributed by atoms with Gasteiger partial charge < -0.3 is 4.74 Å². The zero-order chi connectivity index (χ0) is 18.6. The predicted molar refractivity (Wildman–Crippen MR) is 97.4 cm³/mol. The first-order chi connectivity index (χ1) is 11.8. The Balaban J connectivity index is 2.11. The first kappa shape index (κ1) is 19.1. The summed E-state index contributed by atoms with van der Waals surface area (Å²) >= 11 is 0. The minimum Gasteiger partial charge on any atom is -0.423 e. The van der Waals surface area contributed by atoms with Crippen LogP contribution in [0.5, 0.6) is 5.75 Å². The highest BCUT2D eigenvalue weighted by Crippen LogP contribution is 2.22. The Hall–Kier alpha value is -2.18. The summed E-state index contributed by atoms with van der Waals surface area (Å²) in [7, 11) is -0.595. The Kier molecular flexibility index (Phi) is 5.98. The van der Waals surface area contributed by atoms with E-state index < -0.39 is 16.0 Å². The van der Waals surface area contributed by atoms with E-state index in [1.807, 2.05) is 12.1 Å². The number of carbonyl (C=O) groups is 1. The van der Waals surface area contributed by atoms with Gasteiger partial charge >= 0.3 is 5.97 Å². The molecule has 0 heterocycles. The van der Waals surface area contributed by atoms with Gasteiger partial charge in [-0.05, 0) is 54.3 Å². The van der Waals surface area contributed by atoms with Crippen LogP contribution >= 0.6 is 0 Å². The lowest BCUT2D eigenvalue weighted by molar-refractivity contribution is 0.0734. The summed E-state index contributed by atoms with van der Waals surface area (Å²) in [6, 6.07) is 13.1. The summed E-state index contributed by atoms with van der Waals surface area (Å²) in [5.74, 6) is 0.392. The van der Waals surface area contributed by atoms with Crippen molar-refractivity contribution in [3.63, 3.8) is 0 Å². The maximum absolute atomic E-state index is 12.2. The van der Waals surface area contributed by atoms with Gasteiger partial charge in [-0.2, -0.15) is 0 Å². The van der Waals surface area contributed by atoms with E-state index in [1.54, 1.807) is 12.1 Å². The van der Waals surface area contributed by atoms with E-state index >= 15 is 0 Å². The molecule has 6 heteroatoms. The second-order valence-electron chi connectivity index (χ2n) is 6.08. The third-order valence-electron chi connectivity index (χ3n) is 4.14. The van der Waals surface area contributed by atoms with Crippen LogP contribution in [0.3, 0.4) is 0 Å². The van der Waals surface area contributed by atoms with Gasteiger partial charge in [-0.1, -0.05) is 26.0 Å². The summed E-state index contributed by atoms with van der Waals surface area (Å²) in [4.78, 5) is 12.3. The number of nitrogens with zero attached hydrogens (tertiary/aromatic N) is 1. The van der Waals surface area contributed by atoms with Crippen molar-refractivity contribution in [3.05, 3.63) is 59.7 Å². The number of ether oxygens (including phenoxy) is 1. The molecule has 0 aliphatic heterocycles. The summed E-state index contributed by atoms with van der Waals surface area (Å²) in [5, 5.41) is 0. The molecule has 0 saturated heterocycles. The number of esters is 1. The van der Waals surface area contributed by atoms with Crippen molar-refractivity contribution in [1.29, 1.82) is 0 Å². The second-order valence-corrected chi connectivity index (χ2v) is 8.23. The second kappa shape index (κ2) is 7.80. The molecule has 0 saturated carbocycles. The van der Waals surface area contributed by atoms with Crippen molar-refractivity contribution in [2.45, 2.75) is 31.1 Å². The Morgan fingerprint density at radius 1 is 1.04 bits per heavy atom. The maximum atomic E-state index is 12.2. The van der Waals surface area contributed by atoms with E-state index in [0.29, 0.717) is 17.2 Å². The first-order valence-corrected chi connectivity index (χ1v) is 9.54. The molecule has 1 atom stereocenters. The summed E-state index contributed by atoms with van der Waals surface area (Å²) in [5.41, 5.74) is 1.49. The number of rotatable bonds is 6. The van der Waals surface area contributed by atoms with Crippen LogP contribution in [-0.4, -0.2) is 32.8 Å². The number of carbonyl (C=O) groups excluding carboxylic acids is 1. The van der Waals surface area contributed by atoms with Crippen LogP contribution in [0.2, 0.25) is 0 Å². The molecule has 2 aromatic carbocycles. The van der Waals surface area contributed by atoms with Crippen molar-refractivity contribution in [3.8, 4) is 5.75 Å². The number of hydrogen-bond donors (Lipinski definition) is 0. The van der Waals surface area contributed by atoms with Gasteiger partial charge in [-0.15, -0.1) is 0 Å². The minimum absolute atomic E-state index is 0.131. The minimum atomic E-state index is -3.51. The average molecular weight is 361 g/mol. The summed E-state index contributed by atoms with van der Waals surface area (Å²) in [6.45, 7) is 4.27. The van der Waals surface area contributed by atoms with Gasteiger partial charge in [0.05, 0.1) is 10.5 Å². The molecule has 0 unspecified atom stereocenters. The van der Waals surface area contributed by atoms with Gasteiger partial charge in [0.15, 0.2) is 0 Å². The van der Waals surface area contributed by atoms with Crippen LogP contribution < -0.4 is 4.74 Å². The zero-order valence-corrected chi connectivity index (χ0v) is 15.7. The van der Waals surface area contributed by atoms with E-state index in [-0.39, 0.29) is 4.90 Å². The van der Waals surface area contributed by atoms with Gasteiger partial charge in [0, 0.05) is 14.1 Å². The first-order valence-electron chi connectivity index (χ1n) is 8.10. The van der Waals surface area contributed by atoms with E-state index in [0.717, 1.165) is 10.7 Å². The maximum Gasteiger partial charge on any atom is 0.343 e. The van der Waals surface area contributed by atoms with Gasteiger partial charge in [0.1, 0.15) is 5.75 Å². The third-order valence-corrected chi connectivity index (χ3v) is 5.97. The Labute approximate surface area is 149 Å². The van der Waals surface area contributed by atoms with Crippen molar-refractivity contribution in [1.82, 2.24) is 4.31 Å². The molecule has 0 amide bonds. The highest BCUT2D eigenvalue weighted by molar-refractivity contribution is 7.89.